The highest BCUT2D eigenvalue weighted by Crippen LogP contribution is 2.52. The number of hydrogen-bond acceptors (Lipinski definition) is 2. The molecule has 0 spiro atoms. The van der Waals surface area contributed by atoms with E-state index in [1.807, 2.05) is 0 Å². The van der Waals surface area contributed by atoms with Gasteiger partial charge in [-0.3, -0.25) is 0 Å². The summed E-state index contributed by atoms with van der Waals surface area (Å²) in [5.41, 5.74) is 0. The molecule has 4 fully saturated rings. The predicted molar refractivity (Wildman–Crippen MR) is 44.8 cm³/mol. The van der Waals surface area contributed by atoms with Gasteiger partial charge in [0.2, 0.25) is 0 Å². The van der Waals surface area contributed by atoms with E-state index in [2.05, 4.69) is 20.8 Å². The van der Waals surface area contributed by atoms with Crippen LogP contribution < -0.4 is 0 Å². The summed E-state index contributed by atoms with van der Waals surface area (Å²) < 4.78 is 11.9. The van der Waals surface area contributed by atoms with Crippen molar-refractivity contribution in [2.75, 3.05) is 0 Å². The van der Waals surface area contributed by atoms with E-state index in [1.54, 1.807) is 0 Å². The van der Waals surface area contributed by atoms with Crippen LogP contribution in [0.5, 0.6) is 0 Å². The second kappa shape index (κ2) is 2.05. The number of hydrogen-bond donors (Lipinski definition) is 0. The molecule has 0 aromatic carbocycles. The molecule has 0 aliphatic carbocycles. The average molecular weight is 168 g/mol. The summed E-state index contributed by atoms with van der Waals surface area (Å²) in [5.74, 6) is 1.84. The third-order valence-corrected chi connectivity index (χ3v) is 4.06. The lowest BCUT2D eigenvalue weighted by molar-refractivity contribution is -0.122. The number of rotatable bonds is 0. The Morgan fingerprint density at radius 1 is 0.583 bits per heavy atom. The molecule has 0 amide bonds. The maximum Gasteiger partial charge on any atom is 0.0894 e. The predicted octanol–water partition coefficient (Wildman–Crippen LogP) is 1.44. The molecule has 4 rings (SSSR count). The monoisotopic (exact) mass is 168 g/mol. The van der Waals surface area contributed by atoms with Crippen LogP contribution in [0.4, 0.5) is 0 Å². The highest BCUT2D eigenvalue weighted by atomic mass is 16.6. The minimum absolute atomic E-state index is 0.409. The summed E-state index contributed by atoms with van der Waals surface area (Å²) in [6.45, 7) is 6.79. The zero-order valence-electron chi connectivity index (χ0n) is 7.86. The van der Waals surface area contributed by atoms with Crippen LogP contribution in [-0.4, -0.2) is 24.4 Å². The molecule has 0 aromatic heterocycles. The van der Waals surface area contributed by atoms with Crippen LogP contribution in [-0.2, 0) is 9.47 Å². The van der Waals surface area contributed by atoms with Crippen molar-refractivity contribution in [3.63, 3.8) is 0 Å². The molecule has 2 heteroatoms. The smallest absolute Gasteiger partial charge is 0.0894 e. The normalized spacial score (nSPS) is 67.8. The minimum atomic E-state index is 0.409. The van der Waals surface area contributed by atoms with Gasteiger partial charge in [0.05, 0.1) is 24.4 Å². The zero-order valence-corrected chi connectivity index (χ0v) is 7.86. The van der Waals surface area contributed by atoms with Gasteiger partial charge in [0.15, 0.2) is 0 Å². The van der Waals surface area contributed by atoms with Crippen molar-refractivity contribution in [3.8, 4) is 0 Å². The van der Waals surface area contributed by atoms with E-state index in [0.717, 1.165) is 0 Å². The largest absolute Gasteiger partial charge is 0.371 e. The van der Waals surface area contributed by atoms with Crippen molar-refractivity contribution in [2.45, 2.75) is 45.2 Å². The summed E-state index contributed by atoms with van der Waals surface area (Å²) in [7, 11) is 0. The topological polar surface area (TPSA) is 18.5 Å². The Morgan fingerprint density at radius 2 is 0.917 bits per heavy atom. The molecular formula is C10H16O2. The highest BCUT2D eigenvalue weighted by molar-refractivity contribution is 5.08. The van der Waals surface area contributed by atoms with Gasteiger partial charge in [0.25, 0.3) is 0 Å². The van der Waals surface area contributed by atoms with Crippen LogP contribution >= 0.6 is 0 Å². The molecule has 68 valence electrons. The third kappa shape index (κ3) is 0.612. The minimum Gasteiger partial charge on any atom is -0.371 e. The quantitative estimate of drug-likeness (QED) is 0.545. The van der Waals surface area contributed by atoms with Crippen LogP contribution in [0.3, 0.4) is 0 Å². The Bertz CT molecular complexity index is 186. The molecule has 0 aromatic rings. The van der Waals surface area contributed by atoms with Crippen LogP contribution in [0.15, 0.2) is 0 Å². The maximum absolute atomic E-state index is 5.96. The second-order valence-electron chi connectivity index (χ2n) is 4.71. The van der Waals surface area contributed by atoms with E-state index in [9.17, 15) is 0 Å². The van der Waals surface area contributed by atoms with E-state index in [-0.39, 0.29) is 0 Å². The van der Waals surface area contributed by atoms with E-state index in [1.165, 1.54) is 0 Å². The summed E-state index contributed by atoms with van der Waals surface area (Å²) in [6, 6.07) is 0. The first kappa shape index (κ1) is 7.34. The Kier molecular flexibility index (Phi) is 1.25. The maximum atomic E-state index is 5.96. The van der Waals surface area contributed by atoms with Crippen molar-refractivity contribution in [1.82, 2.24) is 0 Å². The zero-order chi connectivity index (χ0) is 8.46. The summed E-state index contributed by atoms with van der Waals surface area (Å²) >= 11 is 0. The molecule has 4 heterocycles. The molecule has 4 aliphatic heterocycles. The van der Waals surface area contributed by atoms with Crippen molar-refractivity contribution in [1.29, 1.82) is 0 Å². The van der Waals surface area contributed by atoms with Gasteiger partial charge in [-0.2, -0.15) is 0 Å². The van der Waals surface area contributed by atoms with Gasteiger partial charge in [-0.1, -0.05) is 20.8 Å². The molecule has 4 saturated heterocycles. The fraction of sp³-hybridized carbons (Fsp3) is 1.00. The summed E-state index contributed by atoms with van der Waals surface area (Å²) in [6.07, 6.45) is 1.78. The molecule has 4 aliphatic rings. The standard InChI is InChI=1S/C10H16O2/c1-4-7-5(2)9-10(11-7)6(3)8(4)12-9/h4-10H,1-3H3/t4-,5-,6-,7-,8-,9?,10+/m0/s1. The third-order valence-electron chi connectivity index (χ3n) is 4.06. The lowest BCUT2D eigenvalue weighted by Crippen LogP contribution is -2.44. The van der Waals surface area contributed by atoms with E-state index in [4.69, 9.17) is 9.47 Å². The van der Waals surface area contributed by atoms with Gasteiger partial charge in [0, 0.05) is 17.8 Å². The van der Waals surface area contributed by atoms with Gasteiger partial charge >= 0.3 is 0 Å². The SMILES string of the molecule is C[C@@H]1[C@@H]2OC3[C@@H](C)[C@H]1O[C@@H]3[C@H]2C. The lowest BCUT2D eigenvalue weighted by Gasteiger charge is -2.38. The van der Waals surface area contributed by atoms with Gasteiger partial charge < -0.3 is 9.47 Å². The molecule has 0 radical (unpaired) electrons. The van der Waals surface area contributed by atoms with Gasteiger partial charge in [-0.25, -0.2) is 0 Å². The molecule has 0 saturated carbocycles. The Balaban J connectivity index is 2.01. The first-order chi connectivity index (χ1) is 5.70. The molecule has 12 heavy (non-hydrogen) atoms. The molecule has 0 N–H and O–H groups in total. The molecular weight excluding hydrogens is 152 g/mol. The second-order valence-corrected chi connectivity index (χ2v) is 4.71. The van der Waals surface area contributed by atoms with Crippen LogP contribution in [0, 0.1) is 17.8 Å². The van der Waals surface area contributed by atoms with Crippen LogP contribution in [0.2, 0.25) is 0 Å². The summed E-state index contributed by atoms with van der Waals surface area (Å²) in [5, 5.41) is 0. The fourth-order valence-electron chi connectivity index (χ4n) is 3.38. The highest BCUT2D eigenvalue weighted by Gasteiger charge is 2.61. The molecule has 2 nitrogen and oxygen atoms in total. The van der Waals surface area contributed by atoms with Gasteiger partial charge in [-0.05, 0) is 0 Å². The van der Waals surface area contributed by atoms with Crippen molar-refractivity contribution in [2.24, 2.45) is 17.8 Å². The molecule has 7 atom stereocenters. The Labute approximate surface area is 73.2 Å². The van der Waals surface area contributed by atoms with Crippen molar-refractivity contribution >= 4 is 0 Å². The van der Waals surface area contributed by atoms with Gasteiger partial charge in [0.1, 0.15) is 0 Å². The summed E-state index contributed by atoms with van der Waals surface area (Å²) in [4.78, 5) is 0. The van der Waals surface area contributed by atoms with Crippen molar-refractivity contribution in [3.05, 3.63) is 0 Å². The molecule has 4 bridgehead atoms. The Hall–Kier alpha value is -0.0800. The lowest BCUT2D eigenvalue weighted by atomic mass is 9.85. The van der Waals surface area contributed by atoms with Crippen LogP contribution in [0.1, 0.15) is 20.8 Å². The molecule has 1 unspecified atom stereocenters. The number of ether oxygens (including phenoxy) is 2. The Morgan fingerprint density at radius 3 is 1.33 bits per heavy atom. The van der Waals surface area contributed by atoms with E-state index >= 15 is 0 Å². The van der Waals surface area contributed by atoms with E-state index in [0.29, 0.717) is 42.2 Å². The van der Waals surface area contributed by atoms with E-state index < -0.39 is 0 Å². The first-order valence-electron chi connectivity index (χ1n) is 5.01. The van der Waals surface area contributed by atoms with Crippen molar-refractivity contribution < 1.29 is 9.47 Å². The first-order valence-corrected chi connectivity index (χ1v) is 5.01. The average Bonchev–Trinajstić information content (AvgIpc) is 2.43. The van der Waals surface area contributed by atoms with Gasteiger partial charge in [-0.15, -0.1) is 0 Å². The van der Waals surface area contributed by atoms with Crippen LogP contribution in [0.25, 0.3) is 0 Å². The fourth-order valence-corrected chi connectivity index (χ4v) is 3.38.